The van der Waals surface area contributed by atoms with Crippen molar-refractivity contribution in [2.75, 3.05) is 26.2 Å². The third kappa shape index (κ3) is 3.57. The van der Waals surface area contributed by atoms with Gasteiger partial charge in [-0.3, -0.25) is 5.10 Å². The molecule has 0 atom stereocenters. The number of urea groups is 1. The minimum atomic E-state index is -4.32. The molecule has 37 heavy (non-hydrogen) atoms. The van der Waals surface area contributed by atoms with Gasteiger partial charge in [0.15, 0.2) is 5.82 Å². The summed E-state index contributed by atoms with van der Waals surface area (Å²) in [5, 5.41) is 10.4. The molecule has 2 amide bonds. The number of likely N-dealkylation sites (tertiary alicyclic amines) is 2. The van der Waals surface area contributed by atoms with Crippen LogP contribution in [0, 0.1) is 16.7 Å². The first-order chi connectivity index (χ1) is 17.5. The van der Waals surface area contributed by atoms with Crippen LogP contribution in [0.3, 0.4) is 0 Å². The number of rotatable bonds is 5. The summed E-state index contributed by atoms with van der Waals surface area (Å²) >= 11 is 0. The molecule has 200 valence electrons. The first-order valence-corrected chi connectivity index (χ1v) is 12.7. The van der Waals surface area contributed by atoms with Crippen LogP contribution in [0.25, 0.3) is 0 Å². The zero-order valence-corrected chi connectivity index (χ0v) is 20.0. The first kappa shape index (κ1) is 23.3. The van der Waals surface area contributed by atoms with Crippen LogP contribution in [-0.4, -0.2) is 78.1 Å². The van der Waals surface area contributed by atoms with Crippen LogP contribution in [0.2, 0.25) is 0 Å². The van der Waals surface area contributed by atoms with Gasteiger partial charge in [0.1, 0.15) is 17.6 Å². The van der Waals surface area contributed by atoms with Crippen molar-refractivity contribution < 1.29 is 26.7 Å². The van der Waals surface area contributed by atoms with Crippen LogP contribution in [0.15, 0.2) is 6.33 Å². The number of carbonyl (C=O) groups excluding carboxylic acids is 1. The van der Waals surface area contributed by atoms with Crippen LogP contribution in [0.4, 0.5) is 26.7 Å². The molecule has 1 N–H and O–H groups in total. The Labute approximate surface area is 208 Å². The molecule has 5 fully saturated rings. The lowest BCUT2D eigenvalue weighted by Crippen LogP contribution is -2.71. The van der Waals surface area contributed by atoms with E-state index in [0.29, 0.717) is 44.3 Å². The van der Waals surface area contributed by atoms with Crippen molar-refractivity contribution in [3.63, 3.8) is 0 Å². The van der Waals surface area contributed by atoms with Gasteiger partial charge in [-0.2, -0.15) is 18.3 Å². The zero-order chi connectivity index (χ0) is 25.8. The molecule has 14 heteroatoms. The molecule has 0 aromatic carbocycles. The number of halogens is 5. The second-order valence-corrected chi connectivity index (χ2v) is 12.1. The van der Waals surface area contributed by atoms with Gasteiger partial charge in [0.25, 0.3) is 6.43 Å². The fraction of sp³-hybridized carbons (Fsp3) is 0.783. The number of aromatic nitrogens is 6. The Hall–Kier alpha value is -2.80. The lowest BCUT2D eigenvalue weighted by molar-refractivity contribution is -0.162. The molecule has 0 bridgehead atoms. The smallest absolute Gasteiger partial charge is 0.323 e. The SMILES string of the molecule is O=C(N1CC2(CC(Cc3nc(C4(C(F)(F)F)CC4)n[nH]3)C2)C1)N1CC2(CC(n3cnc(C(F)F)n3)C2)C1. The molecule has 0 unspecified atom stereocenters. The van der Waals surface area contributed by atoms with E-state index in [0.717, 1.165) is 25.7 Å². The van der Waals surface area contributed by atoms with Crippen LogP contribution in [0.5, 0.6) is 0 Å². The quantitative estimate of drug-likeness (QED) is 0.601. The molecular weight excluding hydrogens is 499 g/mol. The highest BCUT2D eigenvalue weighted by Gasteiger charge is 2.67. The van der Waals surface area contributed by atoms with Crippen molar-refractivity contribution in [2.45, 2.75) is 69.0 Å². The zero-order valence-electron chi connectivity index (χ0n) is 20.0. The number of carbonyl (C=O) groups is 1. The lowest BCUT2D eigenvalue weighted by atomic mass is 9.57. The molecule has 5 aliphatic rings. The van der Waals surface area contributed by atoms with Crippen molar-refractivity contribution in [2.24, 2.45) is 16.7 Å². The van der Waals surface area contributed by atoms with Crippen molar-refractivity contribution in [3.8, 4) is 0 Å². The van der Waals surface area contributed by atoms with Gasteiger partial charge in [-0.1, -0.05) is 0 Å². The normalized spacial score (nSPS) is 25.7. The van der Waals surface area contributed by atoms with E-state index >= 15 is 0 Å². The van der Waals surface area contributed by atoms with Gasteiger partial charge >= 0.3 is 12.2 Å². The van der Waals surface area contributed by atoms with Gasteiger partial charge in [0, 0.05) is 43.4 Å². The standard InChI is InChI=1S/C23H27F5N8O/c24-16(25)17-29-12-36(33-17)14-6-21(7-14)10-35(11-21)19(37)34-8-20(9-34)4-13(5-20)3-15-30-18(32-31-15)22(1-2-22)23(26,27)28/h12-14,16H,1-11H2,(H,30,31,32). The number of nitrogens with zero attached hydrogens (tertiary/aromatic N) is 7. The highest BCUT2D eigenvalue weighted by Crippen LogP contribution is 2.58. The average molecular weight is 527 g/mol. The van der Waals surface area contributed by atoms with Crippen LogP contribution >= 0.6 is 0 Å². The maximum Gasteiger partial charge on any atom is 0.401 e. The second-order valence-electron chi connectivity index (χ2n) is 12.1. The van der Waals surface area contributed by atoms with Gasteiger partial charge in [-0.15, -0.1) is 5.10 Å². The topological polar surface area (TPSA) is 95.8 Å². The van der Waals surface area contributed by atoms with Crippen molar-refractivity contribution >= 4 is 6.03 Å². The number of aromatic amines is 1. The molecule has 7 rings (SSSR count). The molecule has 9 nitrogen and oxygen atoms in total. The van der Waals surface area contributed by atoms with Crippen LogP contribution in [0.1, 0.15) is 68.5 Å². The Morgan fingerprint density at radius 1 is 1.05 bits per heavy atom. The summed E-state index contributed by atoms with van der Waals surface area (Å²) in [6.45, 7) is 2.78. The number of hydrogen-bond donors (Lipinski definition) is 1. The highest BCUT2D eigenvalue weighted by atomic mass is 19.4. The van der Waals surface area contributed by atoms with Gasteiger partial charge in [-0.25, -0.2) is 28.2 Å². The van der Waals surface area contributed by atoms with Gasteiger partial charge in [0.05, 0.1) is 6.04 Å². The molecule has 3 saturated carbocycles. The van der Waals surface area contributed by atoms with E-state index in [1.54, 1.807) is 0 Å². The Morgan fingerprint density at radius 2 is 1.68 bits per heavy atom. The minimum Gasteiger partial charge on any atom is -0.323 e. The average Bonchev–Trinajstić information content (AvgIpc) is 3.18. The molecule has 3 aliphatic carbocycles. The number of H-pyrrole nitrogens is 1. The van der Waals surface area contributed by atoms with Crippen LogP contribution < -0.4 is 0 Å². The molecule has 4 heterocycles. The summed E-state index contributed by atoms with van der Waals surface area (Å²) in [4.78, 5) is 24.4. The molecule has 2 saturated heterocycles. The van der Waals surface area contributed by atoms with Crippen LogP contribution in [-0.2, 0) is 11.8 Å². The highest BCUT2D eigenvalue weighted by molar-refractivity contribution is 5.77. The number of amides is 2. The van der Waals surface area contributed by atoms with E-state index in [1.807, 2.05) is 9.80 Å². The Kier molecular flexibility index (Phi) is 4.67. The summed E-state index contributed by atoms with van der Waals surface area (Å²) < 4.78 is 66.8. The first-order valence-electron chi connectivity index (χ1n) is 12.7. The minimum absolute atomic E-state index is 0.0469. The maximum absolute atomic E-state index is 13.3. The summed E-state index contributed by atoms with van der Waals surface area (Å²) in [7, 11) is 0. The van der Waals surface area contributed by atoms with Crippen molar-refractivity contribution in [1.82, 2.24) is 39.7 Å². The van der Waals surface area contributed by atoms with Crippen molar-refractivity contribution in [3.05, 3.63) is 23.8 Å². The summed E-state index contributed by atoms with van der Waals surface area (Å²) in [6, 6.07) is 0.103. The third-order valence-electron chi connectivity index (χ3n) is 9.26. The lowest BCUT2D eigenvalue weighted by Gasteiger charge is -2.63. The predicted molar refractivity (Wildman–Crippen MR) is 116 cm³/mol. The van der Waals surface area contributed by atoms with E-state index in [4.69, 9.17) is 0 Å². The molecule has 2 aromatic heterocycles. The second kappa shape index (κ2) is 7.40. The van der Waals surface area contributed by atoms with Gasteiger partial charge < -0.3 is 9.80 Å². The fourth-order valence-electron chi connectivity index (χ4n) is 7.15. The van der Waals surface area contributed by atoms with E-state index in [1.165, 1.54) is 11.0 Å². The molecule has 2 aliphatic heterocycles. The number of hydrogen-bond acceptors (Lipinski definition) is 5. The van der Waals surface area contributed by atoms with E-state index < -0.39 is 23.8 Å². The van der Waals surface area contributed by atoms with E-state index in [9.17, 15) is 26.7 Å². The Morgan fingerprint density at radius 3 is 2.22 bits per heavy atom. The van der Waals surface area contributed by atoms with Gasteiger partial charge in [-0.05, 0) is 44.4 Å². The fourth-order valence-corrected chi connectivity index (χ4v) is 7.15. The number of alkyl halides is 5. The maximum atomic E-state index is 13.3. The number of nitrogens with one attached hydrogen (secondary N) is 1. The monoisotopic (exact) mass is 526 g/mol. The van der Waals surface area contributed by atoms with E-state index in [2.05, 4.69) is 25.3 Å². The van der Waals surface area contributed by atoms with E-state index in [-0.39, 0.29) is 41.6 Å². The summed E-state index contributed by atoms with van der Waals surface area (Å²) in [5.41, 5.74) is -1.68. The summed E-state index contributed by atoms with van der Waals surface area (Å²) in [5.74, 6) is 0.267. The van der Waals surface area contributed by atoms with Crippen molar-refractivity contribution in [1.29, 1.82) is 0 Å². The molecule has 2 spiro atoms. The molecule has 0 radical (unpaired) electrons. The Bertz CT molecular complexity index is 1210. The molecule has 2 aromatic rings. The summed E-state index contributed by atoms with van der Waals surface area (Å²) in [6.07, 6.45) is -1.47. The predicted octanol–water partition coefficient (Wildman–Crippen LogP) is 3.64. The Balaban J connectivity index is 0.845. The molecular formula is C23H27F5N8O. The largest absolute Gasteiger partial charge is 0.401 e. The third-order valence-corrected chi connectivity index (χ3v) is 9.26. The van der Waals surface area contributed by atoms with Gasteiger partial charge in [0.2, 0.25) is 5.82 Å².